The lowest BCUT2D eigenvalue weighted by molar-refractivity contribution is 0.0517. The Bertz CT molecular complexity index is 813. The first-order valence-corrected chi connectivity index (χ1v) is 10.9. The van der Waals surface area contributed by atoms with Crippen molar-refractivity contribution in [3.8, 4) is 5.75 Å². The van der Waals surface area contributed by atoms with Crippen LogP contribution in [0.25, 0.3) is 0 Å². The van der Waals surface area contributed by atoms with Gasteiger partial charge in [0.25, 0.3) is 0 Å². The fraction of sp³-hybridized carbons (Fsp3) is 0.429. The van der Waals surface area contributed by atoms with Gasteiger partial charge in [0.05, 0.1) is 11.5 Å². The summed E-state index contributed by atoms with van der Waals surface area (Å²) in [6.07, 6.45) is 2.50. The zero-order valence-electron chi connectivity index (χ0n) is 15.7. The number of ether oxygens (including phenoxy) is 2. The molecule has 0 atom stereocenters. The Hall–Kier alpha value is -1.89. The Morgan fingerprint density at radius 1 is 1.04 bits per heavy atom. The molecular formula is C21H27NO4S. The van der Waals surface area contributed by atoms with Crippen molar-refractivity contribution in [1.29, 1.82) is 0 Å². The topological polar surface area (TPSA) is 64.6 Å². The van der Waals surface area contributed by atoms with Crippen molar-refractivity contribution in [1.82, 2.24) is 4.72 Å². The van der Waals surface area contributed by atoms with Crippen molar-refractivity contribution in [2.24, 2.45) is 0 Å². The highest BCUT2D eigenvalue weighted by atomic mass is 32.2. The molecule has 2 aromatic rings. The van der Waals surface area contributed by atoms with Gasteiger partial charge in [0, 0.05) is 25.2 Å². The van der Waals surface area contributed by atoms with Crippen LogP contribution >= 0.6 is 0 Å². The van der Waals surface area contributed by atoms with Crippen molar-refractivity contribution < 1.29 is 17.9 Å². The first kappa shape index (κ1) is 19.9. The summed E-state index contributed by atoms with van der Waals surface area (Å²) in [5.74, 6) is 0.681. The minimum absolute atomic E-state index is 0.239. The third-order valence-electron chi connectivity index (χ3n) is 5.04. The molecule has 0 spiro atoms. The number of nitrogens with one attached hydrogen (secondary N) is 1. The van der Waals surface area contributed by atoms with E-state index in [0.717, 1.165) is 24.8 Å². The average molecular weight is 390 g/mol. The van der Waals surface area contributed by atoms with Gasteiger partial charge in [0.15, 0.2) is 0 Å². The second-order valence-electron chi connectivity index (χ2n) is 6.90. The fourth-order valence-corrected chi connectivity index (χ4v) is 4.50. The summed E-state index contributed by atoms with van der Waals surface area (Å²) in [5.41, 5.74) is 0.913. The van der Waals surface area contributed by atoms with Gasteiger partial charge in [-0.25, -0.2) is 13.1 Å². The van der Waals surface area contributed by atoms with Gasteiger partial charge in [-0.05, 0) is 49.1 Å². The molecule has 0 amide bonds. The van der Waals surface area contributed by atoms with Crippen LogP contribution in [0.2, 0.25) is 0 Å². The summed E-state index contributed by atoms with van der Waals surface area (Å²) in [4.78, 5) is 0.251. The molecule has 1 N–H and O–H groups in total. The maximum Gasteiger partial charge on any atom is 0.240 e. The van der Waals surface area contributed by atoms with Gasteiger partial charge in [-0.15, -0.1) is 0 Å². The van der Waals surface area contributed by atoms with E-state index in [9.17, 15) is 8.42 Å². The van der Waals surface area contributed by atoms with Crippen LogP contribution in [0, 0.1) is 0 Å². The van der Waals surface area contributed by atoms with Gasteiger partial charge in [0.2, 0.25) is 10.0 Å². The standard InChI is InChI=1S/C21H27NO4S/c1-2-14-26-19-8-10-20(11-9-19)27(23,24)22-17-21(12-15-25-16-13-21)18-6-4-3-5-7-18/h3-11,22H,2,12-17H2,1H3. The summed E-state index contributed by atoms with van der Waals surface area (Å²) in [6.45, 7) is 4.28. The molecule has 1 aliphatic rings. The van der Waals surface area contributed by atoms with Crippen molar-refractivity contribution in [2.75, 3.05) is 26.4 Å². The highest BCUT2D eigenvalue weighted by Gasteiger charge is 2.35. The molecule has 0 saturated carbocycles. The third kappa shape index (κ3) is 4.89. The van der Waals surface area contributed by atoms with Crippen LogP contribution in [0.3, 0.4) is 0 Å². The lowest BCUT2D eigenvalue weighted by atomic mass is 9.74. The molecule has 0 radical (unpaired) electrons. The molecule has 2 aromatic carbocycles. The van der Waals surface area contributed by atoms with Gasteiger partial charge >= 0.3 is 0 Å². The van der Waals surface area contributed by atoms with E-state index in [2.05, 4.69) is 16.9 Å². The summed E-state index contributed by atoms with van der Waals surface area (Å²) in [6, 6.07) is 16.7. The van der Waals surface area contributed by atoms with Gasteiger partial charge < -0.3 is 9.47 Å². The zero-order chi connectivity index (χ0) is 19.2. The first-order chi connectivity index (χ1) is 13.1. The molecule has 27 heavy (non-hydrogen) atoms. The third-order valence-corrected chi connectivity index (χ3v) is 6.46. The van der Waals surface area contributed by atoms with E-state index in [-0.39, 0.29) is 10.3 Å². The van der Waals surface area contributed by atoms with Crippen LogP contribution in [-0.2, 0) is 20.2 Å². The van der Waals surface area contributed by atoms with Gasteiger partial charge in [-0.1, -0.05) is 37.3 Å². The van der Waals surface area contributed by atoms with E-state index in [0.29, 0.717) is 32.1 Å². The molecule has 0 unspecified atom stereocenters. The average Bonchev–Trinajstić information content (AvgIpc) is 2.72. The van der Waals surface area contributed by atoms with Crippen LogP contribution in [0.4, 0.5) is 0 Å². The van der Waals surface area contributed by atoms with E-state index in [1.165, 1.54) is 0 Å². The second kappa shape index (κ2) is 8.87. The predicted molar refractivity (Wildman–Crippen MR) is 106 cm³/mol. The Morgan fingerprint density at radius 3 is 2.33 bits per heavy atom. The van der Waals surface area contributed by atoms with Crippen molar-refractivity contribution in [3.05, 3.63) is 60.2 Å². The van der Waals surface area contributed by atoms with Crippen LogP contribution in [0.5, 0.6) is 5.75 Å². The summed E-state index contributed by atoms with van der Waals surface area (Å²) in [5, 5.41) is 0. The van der Waals surface area contributed by atoms with Gasteiger partial charge in [-0.2, -0.15) is 0 Å². The highest BCUT2D eigenvalue weighted by molar-refractivity contribution is 7.89. The highest BCUT2D eigenvalue weighted by Crippen LogP contribution is 2.34. The summed E-state index contributed by atoms with van der Waals surface area (Å²) >= 11 is 0. The Morgan fingerprint density at radius 2 is 1.70 bits per heavy atom. The van der Waals surface area contributed by atoms with Crippen LogP contribution in [-0.4, -0.2) is 34.8 Å². The SMILES string of the molecule is CCCOc1ccc(S(=O)(=O)NCC2(c3ccccc3)CCOCC2)cc1. The van der Waals surface area contributed by atoms with Crippen molar-refractivity contribution in [3.63, 3.8) is 0 Å². The maximum atomic E-state index is 12.8. The normalized spacial score (nSPS) is 16.8. The lowest BCUT2D eigenvalue weighted by Gasteiger charge is -2.37. The molecule has 6 heteroatoms. The number of hydrogen-bond donors (Lipinski definition) is 1. The Balaban J connectivity index is 1.74. The summed E-state index contributed by atoms with van der Waals surface area (Å²) in [7, 11) is -3.59. The van der Waals surface area contributed by atoms with Crippen LogP contribution < -0.4 is 9.46 Å². The fourth-order valence-electron chi connectivity index (χ4n) is 3.37. The molecule has 0 aliphatic carbocycles. The number of sulfonamides is 1. The molecule has 0 aromatic heterocycles. The van der Waals surface area contributed by atoms with E-state index in [1.807, 2.05) is 25.1 Å². The predicted octanol–water partition coefficient (Wildman–Crippen LogP) is 3.50. The first-order valence-electron chi connectivity index (χ1n) is 9.42. The summed E-state index contributed by atoms with van der Waals surface area (Å²) < 4.78 is 39.4. The monoisotopic (exact) mass is 389 g/mol. The molecule has 1 fully saturated rings. The lowest BCUT2D eigenvalue weighted by Crippen LogP contribution is -2.44. The minimum Gasteiger partial charge on any atom is -0.494 e. The molecular weight excluding hydrogens is 362 g/mol. The Kier molecular flexibility index (Phi) is 6.52. The number of rotatable bonds is 8. The van der Waals surface area contributed by atoms with Crippen LogP contribution in [0.1, 0.15) is 31.7 Å². The van der Waals surface area contributed by atoms with E-state index >= 15 is 0 Å². The molecule has 1 aliphatic heterocycles. The number of hydrogen-bond acceptors (Lipinski definition) is 4. The molecule has 0 bridgehead atoms. The van der Waals surface area contributed by atoms with Gasteiger partial charge in [0.1, 0.15) is 5.75 Å². The molecule has 1 heterocycles. The quantitative estimate of drug-likeness (QED) is 0.750. The van der Waals surface area contributed by atoms with Crippen molar-refractivity contribution in [2.45, 2.75) is 36.5 Å². The number of benzene rings is 2. The smallest absolute Gasteiger partial charge is 0.240 e. The largest absolute Gasteiger partial charge is 0.494 e. The molecule has 146 valence electrons. The van der Waals surface area contributed by atoms with Crippen molar-refractivity contribution >= 4 is 10.0 Å². The molecule has 5 nitrogen and oxygen atoms in total. The maximum absolute atomic E-state index is 12.8. The molecule has 3 rings (SSSR count). The minimum atomic E-state index is -3.59. The van der Waals surface area contributed by atoms with Crippen LogP contribution in [0.15, 0.2) is 59.5 Å². The second-order valence-corrected chi connectivity index (χ2v) is 8.67. The van der Waals surface area contributed by atoms with E-state index < -0.39 is 10.0 Å². The van der Waals surface area contributed by atoms with E-state index in [4.69, 9.17) is 9.47 Å². The van der Waals surface area contributed by atoms with Gasteiger partial charge in [-0.3, -0.25) is 0 Å². The zero-order valence-corrected chi connectivity index (χ0v) is 16.5. The Labute approximate surface area is 161 Å². The van der Waals surface area contributed by atoms with E-state index in [1.54, 1.807) is 24.3 Å². The molecule has 1 saturated heterocycles.